The molecule has 0 aliphatic carbocycles. The van der Waals surface area contributed by atoms with Gasteiger partial charge in [-0.05, 0) is 50.3 Å². The van der Waals surface area contributed by atoms with E-state index in [1.165, 1.54) is 11.2 Å². The maximum atomic E-state index is 11.5. The topological polar surface area (TPSA) is 110 Å². The maximum Gasteiger partial charge on any atom is 0.408 e. The summed E-state index contributed by atoms with van der Waals surface area (Å²) < 4.78 is 2.39. The van der Waals surface area contributed by atoms with Gasteiger partial charge in [-0.25, -0.2) is 19.4 Å². The van der Waals surface area contributed by atoms with E-state index in [2.05, 4.69) is 37.7 Å². The van der Waals surface area contributed by atoms with Crippen LogP contribution in [-0.2, 0) is 6.54 Å². The van der Waals surface area contributed by atoms with Crippen LogP contribution in [0, 0.1) is 3.70 Å². The van der Waals surface area contributed by atoms with Gasteiger partial charge in [-0.15, -0.1) is 0 Å². The van der Waals surface area contributed by atoms with Crippen molar-refractivity contribution in [1.82, 2.24) is 24.6 Å². The molecule has 120 valence electrons. The zero-order valence-corrected chi connectivity index (χ0v) is 15.1. The van der Waals surface area contributed by atoms with Crippen LogP contribution in [-0.4, -0.2) is 47.4 Å². The zero-order chi connectivity index (χ0) is 16.7. The summed E-state index contributed by atoms with van der Waals surface area (Å²) in [6.45, 7) is 7.83. The van der Waals surface area contributed by atoms with E-state index in [-0.39, 0.29) is 6.04 Å². The van der Waals surface area contributed by atoms with Crippen molar-refractivity contribution >= 4 is 45.5 Å². The van der Waals surface area contributed by atoms with E-state index in [0.29, 0.717) is 27.1 Å². The fourth-order valence-corrected chi connectivity index (χ4v) is 3.36. The van der Waals surface area contributed by atoms with Crippen LogP contribution in [0.3, 0.4) is 0 Å². The first-order valence-electron chi connectivity index (χ1n) is 6.77. The number of amides is 1. The Hall–Kier alpha value is -1.65. The Morgan fingerprint density at radius 3 is 2.68 bits per heavy atom. The number of rotatable bonds is 3. The fraction of sp³-hybridized carbons (Fsp3) is 0.538. The Kier molecular flexibility index (Phi) is 4.45. The lowest BCUT2D eigenvalue weighted by Crippen LogP contribution is -2.51. The molecule has 2 heterocycles. The zero-order valence-electron chi connectivity index (χ0n) is 12.9. The molecule has 0 saturated carbocycles. The van der Waals surface area contributed by atoms with Gasteiger partial charge in [-0.2, -0.15) is 5.10 Å². The number of nitrogens with zero attached hydrogens (tertiary/aromatic N) is 5. The number of fused-ring (bicyclic) bond motifs is 1. The minimum absolute atomic E-state index is 0.271. The van der Waals surface area contributed by atoms with Gasteiger partial charge in [0.2, 0.25) is 0 Å². The van der Waals surface area contributed by atoms with Crippen molar-refractivity contribution in [2.24, 2.45) is 0 Å². The fourth-order valence-electron chi connectivity index (χ4n) is 2.58. The second kappa shape index (κ2) is 5.86. The van der Waals surface area contributed by atoms with Crippen molar-refractivity contribution in [1.29, 1.82) is 0 Å². The molecule has 0 bridgehead atoms. The highest BCUT2D eigenvalue weighted by molar-refractivity contribution is 14.1. The molecule has 0 unspecified atom stereocenters. The van der Waals surface area contributed by atoms with E-state index in [1.54, 1.807) is 4.68 Å². The number of nitrogen functional groups attached to an aromatic ring is 1. The molecule has 0 saturated heterocycles. The predicted molar refractivity (Wildman–Crippen MR) is 91.5 cm³/mol. The second-order valence-electron chi connectivity index (χ2n) is 6.10. The van der Waals surface area contributed by atoms with Crippen LogP contribution < -0.4 is 5.73 Å². The number of aromatic nitrogens is 4. The Morgan fingerprint density at radius 1 is 1.50 bits per heavy atom. The molecule has 0 spiro atoms. The van der Waals surface area contributed by atoms with Crippen LogP contribution in [0.4, 0.5) is 10.6 Å². The van der Waals surface area contributed by atoms with Crippen LogP contribution in [0.25, 0.3) is 11.0 Å². The summed E-state index contributed by atoms with van der Waals surface area (Å²) in [6.07, 6.45) is 0.426. The SMILES string of the molecule is C[C@@H](Cn1nc(I)c2c(N)ncnc21)N(C(=O)O)C(C)(C)C. The molecule has 2 aromatic heterocycles. The number of carboxylic acid groups (broad SMARTS) is 1. The van der Waals surface area contributed by atoms with Crippen molar-refractivity contribution in [3.05, 3.63) is 10.0 Å². The monoisotopic (exact) mass is 418 g/mol. The summed E-state index contributed by atoms with van der Waals surface area (Å²) in [7, 11) is 0. The van der Waals surface area contributed by atoms with Gasteiger partial charge >= 0.3 is 6.09 Å². The highest BCUT2D eigenvalue weighted by atomic mass is 127. The third kappa shape index (κ3) is 3.08. The largest absolute Gasteiger partial charge is 0.465 e. The Labute approximate surface area is 141 Å². The van der Waals surface area contributed by atoms with E-state index in [0.717, 1.165) is 0 Å². The Morgan fingerprint density at radius 2 is 2.14 bits per heavy atom. The average Bonchev–Trinajstić information content (AvgIpc) is 2.65. The van der Waals surface area contributed by atoms with E-state index in [4.69, 9.17) is 5.73 Å². The summed E-state index contributed by atoms with van der Waals surface area (Å²) in [5.41, 5.74) is 5.97. The first kappa shape index (κ1) is 16.7. The Bertz CT molecular complexity index is 708. The molecule has 1 amide bonds. The first-order chi connectivity index (χ1) is 10.1. The number of hydrogen-bond donors (Lipinski definition) is 2. The van der Waals surface area contributed by atoms with Gasteiger partial charge in [0.05, 0.1) is 18.0 Å². The molecule has 0 aliphatic heterocycles. The number of halogens is 1. The van der Waals surface area contributed by atoms with Gasteiger partial charge in [-0.3, -0.25) is 4.90 Å². The van der Waals surface area contributed by atoms with Gasteiger partial charge in [-0.1, -0.05) is 0 Å². The average molecular weight is 418 g/mol. The Balaban J connectivity index is 2.39. The standard InChI is InChI=1S/C13H19IN6O2/c1-7(20(12(21)22)13(2,3)4)5-19-11-8(9(14)18-19)10(15)16-6-17-11/h6-7H,5H2,1-4H3,(H,21,22)(H2,15,16,17)/t7-/m0/s1. The van der Waals surface area contributed by atoms with Crippen LogP contribution in [0.1, 0.15) is 27.7 Å². The van der Waals surface area contributed by atoms with Crippen LogP contribution >= 0.6 is 22.6 Å². The lowest BCUT2D eigenvalue weighted by Gasteiger charge is -2.37. The molecule has 3 N–H and O–H groups in total. The summed E-state index contributed by atoms with van der Waals surface area (Å²) in [4.78, 5) is 21.2. The van der Waals surface area contributed by atoms with Crippen LogP contribution in [0.15, 0.2) is 6.33 Å². The van der Waals surface area contributed by atoms with Crippen molar-refractivity contribution < 1.29 is 9.90 Å². The van der Waals surface area contributed by atoms with E-state index >= 15 is 0 Å². The third-order valence-electron chi connectivity index (χ3n) is 3.32. The van der Waals surface area contributed by atoms with Crippen molar-refractivity contribution in [2.45, 2.75) is 45.8 Å². The molecule has 1 atom stereocenters. The molecule has 22 heavy (non-hydrogen) atoms. The highest BCUT2D eigenvalue weighted by Gasteiger charge is 2.31. The molecule has 8 nitrogen and oxygen atoms in total. The van der Waals surface area contributed by atoms with Crippen LogP contribution in [0.5, 0.6) is 0 Å². The summed E-state index contributed by atoms with van der Waals surface area (Å²) in [5.74, 6) is 0.374. The van der Waals surface area contributed by atoms with Crippen molar-refractivity contribution in [2.75, 3.05) is 5.73 Å². The van der Waals surface area contributed by atoms with E-state index in [1.807, 2.05) is 27.7 Å². The molecule has 0 fully saturated rings. The molecular formula is C13H19IN6O2. The normalized spacial score (nSPS) is 13.3. The predicted octanol–water partition coefficient (Wildman–Crippen LogP) is 2.18. The lowest BCUT2D eigenvalue weighted by atomic mass is 10.0. The van der Waals surface area contributed by atoms with Gasteiger partial charge in [0.25, 0.3) is 0 Å². The smallest absolute Gasteiger partial charge is 0.408 e. The van der Waals surface area contributed by atoms with Gasteiger partial charge in [0.15, 0.2) is 5.65 Å². The molecule has 2 aromatic rings. The number of carbonyl (C=O) groups is 1. The minimum Gasteiger partial charge on any atom is -0.465 e. The first-order valence-corrected chi connectivity index (χ1v) is 7.85. The van der Waals surface area contributed by atoms with E-state index < -0.39 is 11.6 Å². The number of hydrogen-bond acceptors (Lipinski definition) is 5. The molecule has 0 radical (unpaired) electrons. The second-order valence-corrected chi connectivity index (χ2v) is 7.12. The molecule has 0 aliphatic rings. The van der Waals surface area contributed by atoms with E-state index in [9.17, 15) is 9.90 Å². The summed E-state index contributed by atoms with van der Waals surface area (Å²) in [6, 6.07) is -0.271. The van der Waals surface area contributed by atoms with Crippen molar-refractivity contribution in [3.63, 3.8) is 0 Å². The number of anilines is 1. The molecular weight excluding hydrogens is 399 g/mol. The third-order valence-corrected chi connectivity index (χ3v) is 4.08. The lowest BCUT2D eigenvalue weighted by molar-refractivity contribution is 0.0693. The van der Waals surface area contributed by atoms with Crippen LogP contribution in [0.2, 0.25) is 0 Å². The van der Waals surface area contributed by atoms with Gasteiger partial charge in [0, 0.05) is 5.54 Å². The molecule has 0 aromatic carbocycles. The maximum absolute atomic E-state index is 11.5. The van der Waals surface area contributed by atoms with Crippen molar-refractivity contribution in [3.8, 4) is 0 Å². The molecule has 2 rings (SSSR count). The number of nitrogens with two attached hydrogens (primary N) is 1. The van der Waals surface area contributed by atoms with Gasteiger partial charge < -0.3 is 10.8 Å². The molecule has 9 heteroatoms. The quantitative estimate of drug-likeness (QED) is 0.740. The summed E-state index contributed by atoms with van der Waals surface area (Å²) in [5, 5.41) is 14.6. The summed E-state index contributed by atoms with van der Waals surface area (Å²) >= 11 is 2.08. The van der Waals surface area contributed by atoms with Gasteiger partial charge in [0.1, 0.15) is 15.8 Å². The minimum atomic E-state index is -0.958. The highest BCUT2D eigenvalue weighted by Crippen LogP contribution is 2.24.